The quantitative estimate of drug-likeness (QED) is 0.544. The van der Waals surface area contributed by atoms with E-state index < -0.39 is 11.9 Å². The van der Waals surface area contributed by atoms with Gasteiger partial charge in [-0.05, 0) is 48.0 Å². The number of aliphatic hydroxyl groups excluding tert-OH is 1. The Hall–Kier alpha value is -2.19. The molecular formula is C18H20BrFN2O4. The number of hydrogen-bond donors (Lipinski definition) is 1. The molecule has 1 aromatic carbocycles. The van der Waals surface area contributed by atoms with Gasteiger partial charge in [-0.15, -0.1) is 0 Å². The summed E-state index contributed by atoms with van der Waals surface area (Å²) >= 11 is 3.20. The van der Waals surface area contributed by atoms with Crippen LogP contribution < -0.4 is 10.2 Å². The minimum absolute atomic E-state index is 0.0879. The van der Waals surface area contributed by atoms with Crippen LogP contribution >= 0.6 is 15.9 Å². The highest BCUT2D eigenvalue weighted by Gasteiger charge is 2.16. The lowest BCUT2D eigenvalue weighted by molar-refractivity contribution is 0.0873. The molecule has 6 nitrogen and oxygen atoms in total. The molecule has 0 spiro atoms. The lowest BCUT2D eigenvalue weighted by atomic mass is 10.1. The van der Waals surface area contributed by atoms with E-state index in [-0.39, 0.29) is 18.1 Å². The molecule has 1 unspecified atom stereocenters. The second kappa shape index (κ2) is 8.95. The summed E-state index contributed by atoms with van der Waals surface area (Å²) < 4.78 is 20.6. The van der Waals surface area contributed by atoms with Crippen LogP contribution in [0.5, 0.6) is 5.75 Å². The fraction of sp³-hybridized carbons (Fsp3) is 0.333. The minimum atomic E-state index is -1.04. The lowest BCUT2D eigenvalue weighted by Crippen LogP contribution is -2.17. The van der Waals surface area contributed by atoms with Crippen molar-refractivity contribution in [3.63, 3.8) is 0 Å². The summed E-state index contributed by atoms with van der Waals surface area (Å²) in [5.74, 6) is -0.0919. The van der Waals surface area contributed by atoms with Gasteiger partial charge in [-0.3, -0.25) is 4.79 Å². The Bertz CT molecular complexity index is 852. The van der Waals surface area contributed by atoms with Crippen LogP contribution in [0.15, 0.2) is 45.0 Å². The monoisotopic (exact) mass is 426 g/mol. The van der Waals surface area contributed by atoms with Gasteiger partial charge in [0.25, 0.3) is 0 Å². The van der Waals surface area contributed by atoms with Crippen LogP contribution in [0.1, 0.15) is 31.1 Å². The van der Waals surface area contributed by atoms with Crippen molar-refractivity contribution in [1.29, 1.82) is 0 Å². The summed E-state index contributed by atoms with van der Waals surface area (Å²) in [4.78, 5) is 17.2. The predicted octanol–water partition coefficient (Wildman–Crippen LogP) is 3.25. The molecule has 1 aromatic heterocycles. The van der Waals surface area contributed by atoms with Crippen LogP contribution in [-0.4, -0.2) is 29.1 Å². The first kappa shape index (κ1) is 20.1. The number of aliphatic hydroxyl groups is 1. The molecule has 1 atom stereocenters. The van der Waals surface area contributed by atoms with E-state index in [1.165, 1.54) is 43.9 Å². The van der Waals surface area contributed by atoms with Crippen molar-refractivity contribution in [2.45, 2.75) is 32.6 Å². The average Bonchev–Trinajstić information content (AvgIpc) is 2.58. The number of pyridine rings is 1. The highest BCUT2D eigenvalue weighted by molar-refractivity contribution is 9.10. The standard InChI is InChI=1S/C18H20BrFN2O4/c1-11(2)26-21-7-12-8-22(9-15(19)18(12)24)10-16(23)14-6-13(20)4-5-17(14)25-3/h4-9,11,16,23H,10H2,1-3H3. The third-order valence-electron chi connectivity index (χ3n) is 3.46. The fourth-order valence-electron chi connectivity index (χ4n) is 2.29. The molecule has 8 heteroatoms. The fourth-order valence-corrected chi connectivity index (χ4v) is 2.78. The van der Waals surface area contributed by atoms with Crippen molar-refractivity contribution in [3.8, 4) is 5.75 Å². The smallest absolute Gasteiger partial charge is 0.204 e. The molecule has 0 saturated carbocycles. The molecule has 26 heavy (non-hydrogen) atoms. The first-order valence-corrected chi connectivity index (χ1v) is 8.71. The third-order valence-corrected chi connectivity index (χ3v) is 4.03. The Kier molecular flexibility index (Phi) is 6.93. The van der Waals surface area contributed by atoms with Gasteiger partial charge < -0.3 is 19.2 Å². The Balaban J connectivity index is 2.29. The van der Waals surface area contributed by atoms with Crippen LogP contribution in [0, 0.1) is 5.82 Å². The van der Waals surface area contributed by atoms with Crippen LogP contribution in [0.2, 0.25) is 0 Å². The van der Waals surface area contributed by atoms with Crippen LogP contribution in [0.4, 0.5) is 4.39 Å². The zero-order valence-electron chi connectivity index (χ0n) is 14.6. The largest absolute Gasteiger partial charge is 0.496 e. The summed E-state index contributed by atoms with van der Waals surface area (Å²) in [6.07, 6.45) is 3.25. The van der Waals surface area contributed by atoms with E-state index >= 15 is 0 Å². The molecule has 0 aliphatic rings. The minimum Gasteiger partial charge on any atom is -0.496 e. The van der Waals surface area contributed by atoms with E-state index in [0.29, 0.717) is 21.3 Å². The first-order chi connectivity index (χ1) is 12.3. The molecule has 1 heterocycles. The van der Waals surface area contributed by atoms with E-state index in [0.717, 1.165) is 0 Å². The van der Waals surface area contributed by atoms with Gasteiger partial charge in [0.1, 0.15) is 23.8 Å². The van der Waals surface area contributed by atoms with Crippen molar-refractivity contribution in [1.82, 2.24) is 4.57 Å². The highest BCUT2D eigenvalue weighted by Crippen LogP contribution is 2.27. The van der Waals surface area contributed by atoms with Gasteiger partial charge in [-0.2, -0.15) is 0 Å². The maximum atomic E-state index is 13.5. The molecule has 0 bridgehead atoms. The summed E-state index contributed by atoms with van der Waals surface area (Å²) in [6, 6.07) is 3.94. The third kappa shape index (κ3) is 5.15. The molecule has 0 amide bonds. The highest BCUT2D eigenvalue weighted by atomic mass is 79.9. The van der Waals surface area contributed by atoms with Crippen molar-refractivity contribution < 1.29 is 19.1 Å². The lowest BCUT2D eigenvalue weighted by Gasteiger charge is -2.17. The average molecular weight is 427 g/mol. The number of aromatic nitrogens is 1. The Morgan fingerprint density at radius 1 is 1.38 bits per heavy atom. The second-order valence-corrected chi connectivity index (χ2v) is 6.73. The number of ether oxygens (including phenoxy) is 1. The number of halogens is 2. The number of rotatable bonds is 7. The van der Waals surface area contributed by atoms with E-state index in [9.17, 15) is 14.3 Å². The van der Waals surface area contributed by atoms with Crippen LogP contribution in [0.3, 0.4) is 0 Å². The van der Waals surface area contributed by atoms with E-state index in [1.54, 1.807) is 4.57 Å². The maximum absolute atomic E-state index is 13.5. The van der Waals surface area contributed by atoms with Gasteiger partial charge in [0.15, 0.2) is 0 Å². The van der Waals surface area contributed by atoms with Crippen molar-refractivity contribution in [3.05, 3.63) is 62.2 Å². The van der Waals surface area contributed by atoms with Crippen molar-refractivity contribution in [2.75, 3.05) is 7.11 Å². The molecule has 0 radical (unpaired) electrons. The van der Waals surface area contributed by atoms with E-state index in [1.807, 2.05) is 13.8 Å². The molecule has 0 fully saturated rings. The molecule has 0 aliphatic carbocycles. The molecule has 0 saturated heterocycles. The van der Waals surface area contributed by atoms with Gasteiger partial charge >= 0.3 is 0 Å². The SMILES string of the molecule is COc1ccc(F)cc1C(O)Cn1cc(Br)c(=O)c(C=NOC(C)C)c1. The van der Waals surface area contributed by atoms with Crippen LogP contribution in [0.25, 0.3) is 0 Å². The molecule has 0 aliphatic heterocycles. The summed E-state index contributed by atoms with van der Waals surface area (Å²) in [7, 11) is 1.45. The van der Waals surface area contributed by atoms with E-state index in [4.69, 9.17) is 9.57 Å². The Morgan fingerprint density at radius 2 is 2.12 bits per heavy atom. The van der Waals surface area contributed by atoms with Gasteiger partial charge in [0.05, 0.1) is 29.9 Å². The summed E-state index contributed by atoms with van der Waals surface area (Å²) in [5.41, 5.74) is 0.356. The topological polar surface area (TPSA) is 73.0 Å². The number of methoxy groups -OCH3 is 1. The summed E-state index contributed by atoms with van der Waals surface area (Å²) in [6.45, 7) is 3.73. The van der Waals surface area contributed by atoms with Gasteiger partial charge in [0, 0.05) is 18.0 Å². The number of nitrogens with zero attached hydrogens (tertiary/aromatic N) is 2. The molecule has 1 N–H and O–H groups in total. The maximum Gasteiger partial charge on any atom is 0.204 e. The zero-order valence-corrected chi connectivity index (χ0v) is 16.2. The van der Waals surface area contributed by atoms with Crippen molar-refractivity contribution in [2.24, 2.45) is 5.16 Å². The van der Waals surface area contributed by atoms with Gasteiger partial charge in [-0.1, -0.05) is 5.16 Å². The number of hydrogen-bond acceptors (Lipinski definition) is 5. The Labute approximate surface area is 159 Å². The zero-order chi connectivity index (χ0) is 19.3. The molecule has 2 rings (SSSR count). The second-order valence-electron chi connectivity index (χ2n) is 5.88. The van der Waals surface area contributed by atoms with Crippen LogP contribution in [-0.2, 0) is 11.4 Å². The molecule has 140 valence electrons. The Morgan fingerprint density at radius 3 is 2.77 bits per heavy atom. The number of benzene rings is 1. The first-order valence-electron chi connectivity index (χ1n) is 7.92. The summed E-state index contributed by atoms with van der Waals surface area (Å²) in [5, 5.41) is 14.3. The number of oxime groups is 1. The molecular weight excluding hydrogens is 407 g/mol. The van der Waals surface area contributed by atoms with Crippen molar-refractivity contribution >= 4 is 22.1 Å². The van der Waals surface area contributed by atoms with Gasteiger partial charge in [-0.25, -0.2) is 4.39 Å². The van der Waals surface area contributed by atoms with Gasteiger partial charge in [0.2, 0.25) is 5.43 Å². The normalized spacial score (nSPS) is 12.6. The predicted molar refractivity (Wildman–Crippen MR) is 100 cm³/mol. The molecule has 2 aromatic rings. The van der Waals surface area contributed by atoms with E-state index in [2.05, 4.69) is 21.1 Å².